The van der Waals surface area contributed by atoms with Gasteiger partial charge in [0, 0.05) is 16.8 Å². The van der Waals surface area contributed by atoms with Crippen LogP contribution < -0.4 is 5.32 Å². The summed E-state index contributed by atoms with van der Waals surface area (Å²) >= 11 is 3.53. The van der Waals surface area contributed by atoms with E-state index in [1.807, 2.05) is 18.2 Å². The number of sulfone groups is 1. The minimum Gasteiger partial charge on any atom is -0.312 e. The van der Waals surface area contributed by atoms with Gasteiger partial charge >= 0.3 is 0 Å². The minimum atomic E-state index is -2.93. The van der Waals surface area contributed by atoms with E-state index in [1.165, 1.54) is 11.8 Å². The van der Waals surface area contributed by atoms with Gasteiger partial charge in [-0.05, 0) is 37.4 Å². The van der Waals surface area contributed by atoms with E-state index in [2.05, 4.69) is 27.3 Å². The van der Waals surface area contributed by atoms with Gasteiger partial charge in [0.05, 0.1) is 5.25 Å². The first-order valence-electron chi connectivity index (χ1n) is 6.64. The molecule has 0 unspecified atom stereocenters. The smallest absolute Gasteiger partial charge is 0.151 e. The maximum absolute atomic E-state index is 11.7. The van der Waals surface area contributed by atoms with Crippen LogP contribution in [0.5, 0.6) is 0 Å². The molecule has 3 nitrogen and oxygen atoms in total. The fraction of sp³-hybridized carbons (Fsp3) is 0.571. The predicted octanol–water partition coefficient (Wildman–Crippen LogP) is 2.55. The van der Waals surface area contributed by atoms with E-state index in [4.69, 9.17) is 0 Å². The fourth-order valence-electron chi connectivity index (χ4n) is 2.77. The molecule has 19 heavy (non-hydrogen) atoms. The summed E-state index contributed by atoms with van der Waals surface area (Å²) in [5.41, 5.74) is 1.25. The maximum Gasteiger partial charge on any atom is 0.151 e. The third kappa shape index (κ3) is 4.04. The molecule has 1 aromatic rings. The molecule has 1 aromatic carbocycles. The summed E-state index contributed by atoms with van der Waals surface area (Å²) in [5, 5.41) is 3.21. The number of nitrogens with one attached hydrogen (secondary N) is 1. The number of rotatable bonds is 5. The minimum absolute atomic E-state index is 0.123. The molecule has 1 fully saturated rings. The number of halogens is 1. The molecule has 0 heterocycles. The lowest BCUT2D eigenvalue weighted by Crippen LogP contribution is -2.40. The highest BCUT2D eigenvalue weighted by atomic mass is 79.9. The molecular formula is C14H20BrNO2S. The molecule has 2 atom stereocenters. The Hall–Kier alpha value is -0.390. The first-order chi connectivity index (χ1) is 8.98. The molecule has 0 radical (unpaired) electrons. The first kappa shape index (κ1) is 15.0. The Bertz CT molecular complexity index is 530. The van der Waals surface area contributed by atoms with Crippen molar-refractivity contribution in [1.82, 2.24) is 5.32 Å². The van der Waals surface area contributed by atoms with E-state index < -0.39 is 9.84 Å². The van der Waals surface area contributed by atoms with Crippen LogP contribution in [0.3, 0.4) is 0 Å². The molecule has 0 bridgehead atoms. The fourth-order valence-corrected chi connectivity index (χ4v) is 4.67. The van der Waals surface area contributed by atoms with E-state index >= 15 is 0 Å². The zero-order chi connectivity index (χ0) is 13.9. The van der Waals surface area contributed by atoms with E-state index in [9.17, 15) is 8.42 Å². The Morgan fingerprint density at radius 3 is 2.74 bits per heavy atom. The second-order valence-electron chi connectivity index (χ2n) is 5.20. The summed E-state index contributed by atoms with van der Waals surface area (Å²) in [6, 6.07) is 8.27. The van der Waals surface area contributed by atoms with Gasteiger partial charge in [0.25, 0.3) is 0 Å². The van der Waals surface area contributed by atoms with Crippen molar-refractivity contribution in [3.05, 3.63) is 34.3 Å². The number of hydrogen-bond donors (Lipinski definition) is 1. The predicted molar refractivity (Wildman–Crippen MR) is 82.1 cm³/mol. The molecule has 1 aliphatic carbocycles. The van der Waals surface area contributed by atoms with Gasteiger partial charge in [-0.25, -0.2) is 8.42 Å². The molecule has 0 spiro atoms. The van der Waals surface area contributed by atoms with Crippen molar-refractivity contribution >= 4 is 25.8 Å². The van der Waals surface area contributed by atoms with Crippen LogP contribution in [0.1, 0.15) is 24.8 Å². The molecule has 0 amide bonds. The molecule has 0 aliphatic heterocycles. The van der Waals surface area contributed by atoms with Gasteiger partial charge < -0.3 is 5.32 Å². The second-order valence-corrected chi connectivity index (χ2v) is 8.32. The summed E-state index contributed by atoms with van der Waals surface area (Å²) in [7, 11) is -2.93. The van der Waals surface area contributed by atoms with E-state index in [1.54, 1.807) is 0 Å². The topological polar surface area (TPSA) is 46.2 Å². The Kier molecular flexibility index (Phi) is 5.03. The van der Waals surface area contributed by atoms with Crippen LogP contribution in [0, 0.1) is 0 Å². The van der Waals surface area contributed by atoms with Gasteiger partial charge in [-0.15, -0.1) is 0 Å². The quantitative estimate of drug-likeness (QED) is 0.891. The number of benzene rings is 1. The SMILES string of the molecule is CS(=O)(=O)[C@@H]1CCC[C@H]1NCCc1ccccc1Br. The van der Waals surface area contributed by atoms with Crippen molar-refractivity contribution in [3.63, 3.8) is 0 Å². The zero-order valence-corrected chi connectivity index (χ0v) is 13.5. The average Bonchev–Trinajstić information content (AvgIpc) is 2.80. The Balaban J connectivity index is 1.88. The lowest BCUT2D eigenvalue weighted by Gasteiger charge is -2.19. The highest BCUT2D eigenvalue weighted by molar-refractivity contribution is 9.10. The Labute approximate surface area is 123 Å². The molecule has 0 saturated heterocycles. The normalized spacial score (nSPS) is 23.7. The van der Waals surface area contributed by atoms with Crippen LogP contribution in [0.4, 0.5) is 0 Å². The molecule has 2 rings (SSSR count). The standard InChI is InChI=1S/C14H20BrNO2S/c1-19(17,18)14-8-4-7-13(14)16-10-9-11-5-2-3-6-12(11)15/h2-3,5-6,13-14,16H,4,7-10H2,1H3/t13-,14-/m1/s1. The van der Waals surface area contributed by atoms with Crippen molar-refractivity contribution in [2.45, 2.75) is 37.0 Å². The average molecular weight is 346 g/mol. The first-order valence-corrected chi connectivity index (χ1v) is 9.39. The van der Waals surface area contributed by atoms with Crippen molar-refractivity contribution < 1.29 is 8.42 Å². The third-order valence-corrected chi connectivity index (χ3v) is 6.20. The monoisotopic (exact) mass is 345 g/mol. The summed E-state index contributed by atoms with van der Waals surface area (Å²) < 4.78 is 24.5. The van der Waals surface area contributed by atoms with Crippen LogP contribution in [0.25, 0.3) is 0 Å². The van der Waals surface area contributed by atoms with Crippen LogP contribution in [0.2, 0.25) is 0 Å². The zero-order valence-electron chi connectivity index (χ0n) is 11.1. The lowest BCUT2D eigenvalue weighted by molar-refractivity contribution is 0.510. The largest absolute Gasteiger partial charge is 0.312 e. The molecule has 1 N–H and O–H groups in total. The van der Waals surface area contributed by atoms with Crippen molar-refractivity contribution in [2.24, 2.45) is 0 Å². The highest BCUT2D eigenvalue weighted by Crippen LogP contribution is 2.25. The maximum atomic E-state index is 11.7. The van der Waals surface area contributed by atoms with Gasteiger partial charge in [0.2, 0.25) is 0 Å². The van der Waals surface area contributed by atoms with Gasteiger partial charge in [-0.3, -0.25) is 0 Å². The van der Waals surface area contributed by atoms with E-state index in [-0.39, 0.29) is 11.3 Å². The van der Waals surface area contributed by atoms with Crippen molar-refractivity contribution in [1.29, 1.82) is 0 Å². The summed E-state index contributed by atoms with van der Waals surface area (Å²) in [4.78, 5) is 0. The molecule has 1 aliphatic rings. The van der Waals surface area contributed by atoms with Gasteiger partial charge in [-0.2, -0.15) is 0 Å². The van der Waals surface area contributed by atoms with E-state index in [0.717, 1.165) is 36.7 Å². The van der Waals surface area contributed by atoms with Crippen molar-refractivity contribution in [3.8, 4) is 0 Å². The molecule has 1 saturated carbocycles. The van der Waals surface area contributed by atoms with E-state index in [0.29, 0.717) is 0 Å². The van der Waals surface area contributed by atoms with Crippen LogP contribution in [-0.2, 0) is 16.3 Å². The molecule has 5 heteroatoms. The summed E-state index contributed by atoms with van der Waals surface area (Å²) in [6.07, 6.45) is 5.03. The van der Waals surface area contributed by atoms with Gasteiger partial charge in [0.15, 0.2) is 9.84 Å². The highest BCUT2D eigenvalue weighted by Gasteiger charge is 2.34. The second kappa shape index (κ2) is 6.37. The molecular weight excluding hydrogens is 326 g/mol. The van der Waals surface area contributed by atoms with Gasteiger partial charge in [0.1, 0.15) is 0 Å². The van der Waals surface area contributed by atoms with Crippen LogP contribution in [-0.4, -0.2) is 32.5 Å². The molecule has 106 valence electrons. The Morgan fingerprint density at radius 1 is 1.32 bits per heavy atom. The van der Waals surface area contributed by atoms with Gasteiger partial charge in [-0.1, -0.05) is 40.5 Å². The third-order valence-electron chi connectivity index (χ3n) is 3.76. The van der Waals surface area contributed by atoms with Crippen LogP contribution in [0.15, 0.2) is 28.7 Å². The summed E-state index contributed by atoms with van der Waals surface area (Å²) in [6.45, 7) is 0.819. The lowest BCUT2D eigenvalue weighted by atomic mass is 10.1. The molecule has 0 aromatic heterocycles. The summed E-state index contributed by atoms with van der Waals surface area (Å²) in [5.74, 6) is 0. The van der Waals surface area contributed by atoms with Crippen LogP contribution >= 0.6 is 15.9 Å². The van der Waals surface area contributed by atoms with Crippen molar-refractivity contribution in [2.75, 3.05) is 12.8 Å². The number of hydrogen-bond acceptors (Lipinski definition) is 3. The Morgan fingerprint density at radius 2 is 2.05 bits per heavy atom.